The second-order valence-electron chi connectivity index (χ2n) is 4.40. The van der Waals surface area contributed by atoms with Crippen LogP contribution in [0.5, 0.6) is 5.75 Å². The lowest BCUT2D eigenvalue weighted by atomic mass is 10.2. The number of rotatable bonds is 4. The number of imidazole rings is 1. The highest BCUT2D eigenvalue weighted by atomic mass is 19.1. The van der Waals surface area contributed by atoms with E-state index in [-0.39, 0.29) is 5.82 Å². The molecule has 1 aromatic heterocycles. The van der Waals surface area contributed by atoms with Crippen molar-refractivity contribution < 1.29 is 9.13 Å². The highest BCUT2D eigenvalue weighted by Gasteiger charge is 2.16. The van der Waals surface area contributed by atoms with Crippen molar-refractivity contribution in [1.29, 1.82) is 0 Å². The van der Waals surface area contributed by atoms with Gasteiger partial charge >= 0.3 is 0 Å². The number of aromatic nitrogens is 2. The van der Waals surface area contributed by atoms with Gasteiger partial charge in [-0.05, 0) is 32.2 Å². The van der Waals surface area contributed by atoms with E-state index in [1.165, 1.54) is 12.1 Å². The second kappa shape index (κ2) is 5.40. The Labute approximate surface area is 112 Å². The largest absolute Gasteiger partial charge is 0.496 e. The van der Waals surface area contributed by atoms with Gasteiger partial charge in [-0.25, -0.2) is 9.37 Å². The lowest BCUT2D eigenvalue weighted by molar-refractivity contribution is 0.415. The number of nitrogens with one attached hydrogen (secondary N) is 1. The van der Waals surface area contributed by atoms with E-state index < -0.39 is 0 Å². The summed E-state index contributed by atoms with van der Waals surface area (Å²) in [7, 11) is 5.38. The fourth-order valence-corrected chi connectivity index (χ4v) is 2.18. The predicted octanol–water partition coefficient (Wildman–Crippen LogP) is 2.26. The predicted molar refractivity (Wildman–Crippen MR) is 72.7 cm³/mol. The van der Waals surface area contributed by atoms with Crippen LogP contribution < -0.4 is 10.1 Å². The fraction of sp³-hybridized carbons (Fsp3) is 0.357. The Bertz CT molecular complexity index is 593. The van der Waals surface area contributed by atoms with Gasteiger partial charge in [0.05, 0.1) is 24.1 Å². The quantitative estimate of drug-likeness (QED) is 0.919. The van der Waals surface area contributed by atoms with E-state index in [1.54, 1.807) is 13.2 Å². The number of aryl methyl sites for hydroxylation is 1. The Morgan fingerprint density at radius 1 is 1.42 bits per heavy atom. The third-order valence-corrected chi connectivity index (χ3v) is 3.16. The van der Waals surface area contributed by atoms with Gasteiger partial charge in [-0.3, -0.25) is 0 Å². The lowest BCUT2D eigenvalue weighted by Gasteiger charge is -2.10. The summed E-state index contributed by atoms with van der Waals surface area (Å²) in [4.78, 5) is 4.53. The molecular formula is C14H18FN3O. The average molecular weight is 263 g/mol. The first-order valence-electron chi connectivity index (χ1n) is 6.09. The van der Waals surface area contributed by atoms with Crippen molar-refractivity contribution in [3.8, 4) is 17.1 Å². The van der Waals surface area contributed by atoms with E-state index in [4.69, 9.17) is 4.74 Å². The highest BCUT2D eigenvalue weighted by molar-refractivity contribution is 5.65. The number of hydrogen-bond donors (Lipinski definition) is 1. The summed E-state index contributed by atoms with van der Waals surface area (Å²) in [6, 6.07) is 4.45. The number of nitrogens with zero attached hydrogens (tertiary/aromatic N) is 2. The first kappa shape index (κ1) is 13.5. The van der Waals surface area contributed by atoms with Crippen molar-refractivity contribution in [2.24, 2.45) is 7.05 Å². The average Bonchev–Trinajstić information content (AvgIpc) is 2.67. The van der Waals surface area contributed by atoms with Crippen LogP contribution in [0.2, 0.25) is 0 Å². The zero-order chi connectivity index (χ0) is 14.0. The Balaban J connectivity index is 2.59. The summed E-state index contributed by atoms with van der Waals surface area (Å²) >= 11 is 0. The van der Waals surface area contributed by atoms with Crippen molar-refractivity contribution in [2.75, 3.05) is 14.2 Å². The molecule has 1 heterocycles. The van der Waals surface area contributed by atoms with Crippen molar-refractivity contribution in [2.45, 2.75) is 13.5 Å². The zero-order valence-electron chi connectivity index (χ0n) is 11.6. The van der Waals surface area contributed by atoms with Crippen LogP contribution in [0.1, 0.15) is 11.4 Å². The molecule has 0 amide bonds. The summed E-state index contributed by atoms with van der Waals surface area (Å²) in [6.45, 7) is 2.66. The molecule has 0 aliphatic heterocycles. The van der Waals surface area contributed by atoms with E-state index in [9.17, 15) is 4.39 Å². The van der Waals surface area contributed by atoms with Gasteiger partial charge in [-0.15, -0.1) is 0 Å². The van der Waals surface area contributed by atoms with Crippen LogP contribution in [0.4, 0.5) is 4.39 Å². The van der Waals surface area contributed by atoms with Crippen molar-refractivity contribution >= 4 is 0 Å². The molecule has 2 aromatic rings. The van der Waals surface area contributed by atoms with Crippen LogP contribution in [0.25, 0.3) is 11.4 Å². The van der Waals surface area contributed by atoms with E-state index in [2.05, 4.69) is 10.3 Å². The topological polar surface area (TPSA) is 39.1 Å². The highest BCUT2D eigenvalue weighted by Crippen LogP contribution is 2.30. The summed E-state index contributed by atoms with van der Waals surface area (Å²) in [6.07, 6.45) is 0. The van der Waals surface area contributed by atoms with Gasteiger partial charge in [0.1, 0.15) is 17.4 Å². The van der Waals surface area contributed by atoms with Crippen molar-refractivity contribution in [1.82, 2.24) is 14.9 Å². The molecule has 0 spiro atoms. The van der Waals surface area contributed by atoms with Gasteiger partial charge in [-0.2, -0.15) is 0 Å². The Hall–Kier alpha value is -1.88. The number of benzene rings is 1. The van der Waals surface area contributed by atoms with Gasteiger partial charge in [0.2, 0.25) is 0 Å². The molecular weight excluding hydrogens is 245 g/mol. The van der Waals surface area contributed by atoms with Gasteiger partial charge in [0.25, 0.3) is 0 Å². The first-order chi connectivity index (χ1) is 9.08. The standard InChI is InChI=1S/C14H18FN3O/c1-9-12(8-16-2)18(3)14(17-9)11-7-10(15)5-6-13(11)19-4/h5-7,16H,8H2,1-4H3. The minimum atomic E-state index is -0.299. The van der Waals surface area contributed by atoms with E-state index in [0.717, 1.165) is 11.4 Å². The minimum Gasteiger partial charge on any atom is -0.496 e. The maximum absolute atomic E-state index is 13.5. The molecule has 4 nitrogen and oxygen atoms in total. The third kappa shape index (κ3) is 2.46. The SMILES string of the molecule is CNCc1c(C)nc(-c2cc(F)ccc2OC)n1C. The molecule has 0 fully saturated rings. The molecule has 1 aromatic carbocycles. The maximum atomic E-state index is 13.5. The number of halogens is 1. The molecule has 0 saturated carbocycles. The molecule has 0 radical (unpaired) electrons. The van der Waals surface area contributed by atoms with Crippen LogP contribution in [0, 0.1) is 12.7 Å². The number of hydrogen-bond acceptors (Lipinski definition) is 3. The minimum absolute atomic E-state index is 0.299. The van der Waals surface area contributed by atoms with E-state index in [0.29, 0.717) is 23.7 Å². The molecule has 0 aliphatic carbocycles. The summed E-state index contributed by atoms with van der Waals surface area (Å²) in [5.41, 5.74) is 2.66. The third-order valence-electron chi connectivity index (χ3n) is 3.16. The van der Waals surface area contributed by atoms with Crippen LogP contribution in [-0.2, 0) is 13.6 Å². The second-order valence-corrected chi connectivity index (χ2v) is 4.40. The van der Waals surface area contributed by atoms with Crippen molar-refractivity contribution in [3.63, 3.8) is 0 Å². The summed E-state index contributed by atoms with van der Waals surface area (Å²) in [5.74, 6) is 1.02. The Morgan fingerprint density at radius 2 is 2.16 bits per heavy atom. The van der Waals surface area contributed by atoms with Gasteiger partial charge in [0, 0.05) is 13.6 Å². The van der Waals surface area contributed by atoms with E-state index in [1.807, 2.05) is 25.6 Å². The Morgan fingerprint density at radius 3 is 2.79 bits per heavy atom. The van der Waals surface area contributed by atoms with Crippen LogP contribution in [0.15, 0.2) is 18.2 Å². The first-order valence-corrected chi connectivity index (χ1v) is 6.09. The monoisotopic (exact) mass is 263 g/mol. The molecule has 102 valence electrons. The van der Waals surface area contributed by atoms with E-state index >= 15 is 0 Å². The molecule has 5 heteroatoms. The van der Waals surface area contributed by atoms with Crippen LogP contribution in [-0.4, -0.2) is 23.7 Å². The molecule has 0 aliphatic rings. The number of ether oxygens (including phenoxy) is 1. The van der Waals surface area contributed by atoms with Gasteiger partial charge in [0.15, 0.2) is 0 Å². The number of methoxy groups -OCH3 is 1. The zero-order valence-corrected chi connectivity index (χ0v) is 11.6. The molecule has 19 heavy (non-hydrogen) atoms. The lowest BCUT2D eigenvalue weighted by Crippen LogP contribution is -2.10. The Kier molecular flexibility index (Phi) is 3.85. The molecule has 0 atom stereocenters. The fourth-order valence-electron chi connectivity index (χ4n) is 2.18. The molecule has 1 N–H and O–H groups in total. The molecule has 0 bridgehead atoms. The van der Waals surface area contributed by atoms with Crippen molar-refractivity contribution in [3.05, 3.63) is 35.4 Å². The molecule has 2 rings (SSSR count). The normalized spacial score (nSPS) is 10.8. The van der Waals surface area contributed by atoms with Gasteiger partial charge in [-0.1, -0.05) is 0 Å². The molecule has 0 saturated heterocycles. The van der Waals surface area contributed by atoms with Crippen LogP contribution in [0.3, 0.4) is 0 Å². The molecule has 0 unspecified atom stereocenters. The van der Waals surface area contributed by atoms with Crippen LogP contribution >= 0.6 is 0 Å². The summed E-state index contributed by atoms with van der Waals surface area (Å²) in [5, 5.41) is 3.10. The summed E-state index contributed by atoms with van der Waals surface area (Å²) < 4.78 is 20.7. The smallest absolute Gasteiger partial charge is 0.144 e. The maximum Gasteiger partial charge on any atom is 0.144 e. The van der Waals surface area contributed by atoms with Gasteiger partial charge < -0.3 is 14.6 Å².